The van der Waals surface area contributed by atoms with Crippen LogP contribution >= 0.6 is 11.3 Å². The van der Waals surface area contributed by atoms with Gasteiger partial charge in [-0.05, 0) is 45.4 Å². The molecule has 0 aromatic carbocycles. The van der Waals surface area contributed by atoms with Gasteiger partial charge in [-0.15, -0.1) is 11.3 Å². The van der Waals surface area contributed by atoms with Gasteiger partial charge in [0.05, 0.1) is 5.51 Å². The Bertz CT molecular complexity index is 307. The molecule has 0 saturated heterocycles. The van der Waals surface area contributed by atoms with Crippen LogP contribution in [0.15, 0.2) is 11.7 Å². The predicted octanol–water partition coefficient (Wildman–Crippen LogP) is 2.85. The molecule has 2 nitrogen and oxygen atoms in total. The molecule has 0 unspecified atom stereocenters. The normalized spacial score (nSPS) is 19.1. The summed E-state index contributed by atoms with van der Waals surface area (Å²) in [5, 5.41) is 3.62. The fraction of sp³-hybridized carbons (Fsp3) is 0.750. The van der Waals surface area contributed by atoms with Crippen LogP contribution in [0.25, 0.3) is 0 Å². The van der Waals surface area contributed by atoms with Crippen LogP contribution in [0.3, 0.4) is 0 Å². The van der Waals surface area contributed by atoms with Crippen LogP contribution in [-0.2, 0) is 6.42 Å². The van der Waals surface area contributed by atoms with E-state index in [1.807, 2.05) is 11.7 Å². The van der Waals surface area contributed by atoms with E-state index in [1.54, 1.807) is 11.3 Å². The van der Waals surface area contributed by atoms with Crippen LogP contribution in [0.2, 0.25) is 0 Å². The molecule has 1 aliphatic rings. The van der Waals surface area contributed by atoms with Gasteiger partial charge in [0, 0.05) is 23.2 Å². The number of hydrogen-bond donors (Lipinski definition) is 1. The highest BCUT2D eigenvalue weighted by molar-refractivity contribution is 7.09. The minimum atomic E-state index is 0.239. The van der Waals surface area contributed by atoms with E-state index in [9.17, 15) is 0 Å². The number of rotatable bonds is 4. The summed E-state index contributed by atoms with van der Waals surface area (Å²) in [6.45, 7) is 7.84. The molecule has 1 heterocycles. The predicted molar refractivity (Wildman–Crippen MR) is 65.2 cm³/mol. The Labute approximate surface area is 96.1 Å². The molecule has 1 N–H and O–H groups in total. The zero-order valence-corrected chi connectivity index (χ0v) is 10.7. The molecule has 1 fully saturated rings. The zero-order valence-electron chi connectivity index (χ0n) is 9.84. The molecule has 1 aliphatic carbocycles. The van der Waals surface area contributed by atoms with E-state index in [2.05, 4.69) is 31.1 Å². The second-order valence-corrected chi connectivity index (χ2v) is 6.72. The number of nitrogens with one attached hydrogen (secondary N) is 1. The number of nitrogens with zero attached hydrogens (tertiary/aromatic N) is 1. The molecule has 0 bridgehead atoms. The molecule has 0 aliphatic heterocycles. The summed E-state index contributed by atoms with van der Waals surface area (Å²) in [5.41, 5.74) is 2.71. The van der Waals surface area contributed by atoms with Crippen LogP contribution in [0.5, 0.6) is 0 Å². The third kappa shape index (κ3) is 3.28. The van der Waals surface area contributed by atoms with Gasteiger partial charge < -0.3 is 5.32 Å². The summed E-state index contributed by atoms with van der Waals surface area (Å²) in [4.78, 5) is 5.57. The second kappa shape index (κ2) is 3.87. The Hall–Kier alpha value is -0.410. The molecule has 0 amide bonds. The minimum Gasteiger partial charge on any atom is -0.312 e. The van der Waals surface area contributed by atoms with Gasteiger partial charge in [-0.25, -0.2) is 0 Å². The number of aromatic nitrogens is 1. The van der Waals surface area contributed by atoms with Gasteiger partial charge >= 0.3 is 0 Å². The van der Waals surface area contributed by atoms with E-state index in [0.29, 0.717) is 5.41 Å². The van der Waals surface area contributed by atoms with E-state index < -0.39 is 0 Å². The summed E-state index contributed by atoms with van der Waals surface area (Å²) in [5.74, 6) is 0. The first-order chi connectivity index (χ1) is 6.99. The first-order valence-corrected chi connectivity index (χ1v) is 6.50. The molecule has 0 spiro atoms. The van der Waals surface area contributed by atoms with Crippen molar-refractivity contribution in [1.29, 1.82) is 0 Å². The van der Waals surface area contributed by atoms with E-state index >= 15 is 0 Å². The van der Waals surface area contributed by atoms with E-state index in [-0.39, 0.29) is 5.54 Å². The average Bonchev–Trinajstić information content (AvgIpc) is 2.69. The molecule has 1 aromatic heterocycles. The van der Waals surface area contributed by atoms with E-state index in [4.69, 9.17) is 0 Å². The molecule has 1 saturated carbocycles. The summed E-state index contributed by atoms with van der Waals surface area (Å²) >= 11 is 1.78. The standard InChI is InChI=1S/C12H20N2S/c1-11(2,3)14-8-12(4-5-12)6-10-7-13-9-15-10/h7,9,14H,4-6,8H2,1-3H3. The summed E-state index contributed by atoms with van der Waals surface area (Å²) < 4.78 is 0. The largest absolute Gasteiger partial charge is 0.312 e. The summed E-state index contributed by atoms with van der Waals surface area (Å²) in [6, 6.07) is 0. The highest BCUT2D eigenvalue weighted by Gasteiger charge is 2.43. The second-order valence-electron chi connectivity index (χ2n) is 5.75. The minimum absolute atomic E-state index is 0.239. The molecule has 1 aromatic rings. The fourth-order valence-electron chi connectivity index (χ4n) is 1.74. The lowest BCUT2D eigenvalue weighted by atomic mass is 9.99. The molecular weight excluding hydrogens is 204 g/mol. The molecule has 0 atom stereocenters. The summed E-state index contributed by atoms with van der Waals surface area (Å²) in [7, 11) is 0. The quantitative estimate of drug-likeness (QED) is 0.850. The Balaban J connectivity index is 1.86. The van der Waals surface area contributed by atoms with Gasteiger partial charge in [0.25, 0.3) is 0 Å². The van der Waals surface area contributed by atoms with Crippen LogP contribution in [0, 0.1) is 5.41 Å². The van der Waals surface area contributed by atoms with Crippen molar-refractivity contribution >= 4 is 11.3 Å². The van der Waals surface area contributed by atoms with Gasteiger partial charge in [-0.2, -0.15) is 0 Å². The smallest absolute Gasteiger partial charge is 0.0794 e. The zero-order chi connectivity index (χ0) is 10.9. The van der Waals surface area contributed by atoms with Gasteiger partial charge in [0.2, 0.25) is 0 Å². The molecule has 84 valence electrons. The van der Waals surface area contributed by atoms with E-state index in [0.717, 1.165) is 6.54 Å². The van der Waals surface area contributed by atoms with Crippen molar-refractivity contribution in [2.24, 2.45) is 5.41 Å². The molecule has 0 radical (unpaired) electrons. The van der Waals surface area contributed by atoms with Gasteiger partial charge in [-0.1, -0.05) is 0 Å². The first-order valence-electron chi connectivity index (χ1n) is 5.62. The molecule has 2 rings (SSSR count). The lowest BCUT2D eigenvalue weighted by Crippen LogP contribution is -2.40. The SMILES string of the molecule is CC(C)(C)NCC1(Cc2cncs2)CC1. The molecular formula is C12H20N2S. The Morgan fingerprint density at radius 2 is 2.20 bits per heavy atom. The monoisotopic (exact) mass is 224 g/mol. The first kappa shape index (κ1) is 11.1. The Kier molecular flexibility index (Phi) is 2.86. The fourth-order valence-corrected chi connectivity index (χ4v) is 2.51. The van der Waals surface area contributed by atoms with Crippen LogP contribution < -0.4 is 5.32 Å². The third-order valence-electron chi connectivity index (χ3n) is 2.98. The maximum atomic E-state index is 4.14. The van der Waals surface area contributed by atoms with Gasteiger partial charge in [0.1, 0.15) is 0 Å². The van der Waals surface area contributed by atoms with Crippen LogP contribution in [-0.4, -0.2) is 17.1 Å². The summed E-state index contributed by atoms with van der Waals surface area (Å²) in [6.07, 6.45) is 5.96. The van der Waals surface area contributed by atoms with Crippen molar-refractivity contribution in [3.05, 3.63) is 16.6 Å². The van der Waals surface area contributed by atoms with Crippen molar-refractivity contribution < 1.29 is 0 Å². The lowest BCUT2D eigenvalue weighted by Gasteiger charge is -2.24. The van der Waals surface area contributed by atoms with Gasteiger partial charge in [-0.3, -0.25) is 4.98 Å². The Morgan fingerprint density at radius 1 is 1.47 bits per heavy atom. The maximum absolute atomic E-state index is 4.14. The van der Waals surface area contributed by atoms with Crippen molar-refractivity contribution in [2.45, 2.75) is 45.6 Å². The van der Waals surface area contributed by atoms with Crippen LogP contribution in [0.1, 0.15) is 38.5 Å². The number of thiazole rings is 1. The Morgan fingerprint density at radius 3 is 2.67 bits per heavy atom. The van der Waals surface area contributed by atoms with Gasteiger partial charge in [0.15, 0.2) is 0 Å². The highest BCUT2D eigenvalue weighted by Crippen LogP contribution is 2.48. The average molecular weight is 224 g/mol. The topological polar surface area (TPSA) is 24.9 Å². The van der Waals surface area contributed by atoms with E-state index in [1.165, 1.54) is 24.1 Å². The van der Waals surface area contributed by atoms with Crippen molar-refractivity contribution in [1.82, 2.24) is 10.3 Å². The van der Waals surface area contributed by atoms with Crippen molar-refractivity contribution in [3.8, 4) is 0 Å². The molecule has 3 heteroatoms. The van der Waals surface area contributed by atoms with Crippen molar-refractivity contribution in [3.63, 3.8) is 0 Å². The van der Waals surface area contributed by atoms with Crippen molar-refractivity contribution in [2.75, 3.05) is 6.54 Å². The molecule has 15 heavy (non-hydrogen) atoms. The number of hydrogen-bond acceptors (Lipinski definition) is 3. The maximum Gasteiger partial charge on any atom is 0.0794 e. The highest BCUT2D eigenvalue weighted by atomic mass is 32.1. The lowest BCUT2D eigenvalue weighted by molar-refractivity contribution is 0.357. The van der Waals surface area contributed by atoms with Crippen LogP contribution in [0.4, 0.5) is 0 Å². The third-order valence-corrected chi connectivity index (χ3v) is 3.76.